The molecule has 3 aliphatic rings. The summed E-state index contributed by atoms with van der Waals surface area (Å²) >= 11 is 2.64. The molecule has 2 heterocycles. The van der Waals surface area contributed by atoms with Crippen LogP contribution in [0.5, 0.6) is 0 Å². The summed E-state index contributed by atoms with van der Waals surface area (Å²) < 4.78 is 0.234. The first-order chi connectivity index (χ1) is 27.7. The van der Waals surface area contributed by atoms with Crippen molar-refractivity contribution in [3.05, 3.63) is 193 Å². The summed E-state index contributed by atoms with van der Waals surface area (Å²) in [5, 5.41) is 13.5. The summed E-state index contributed by atoms with van der Waals surface area (Å²) in [7, 11) is 0. The largest absolute Gasteiger partial charge is 0.360 e. The van der Waals surface area contributed by atoms with E-state index in [-0.39, 0.29) is 15.9 Å². The smallest absolute Gasteiger partial charge is 0.0708 e. The molecule has 3 aromatic carbocycles. The summed E-state index contributed by atoms with van der Waals surface area (Å²) in [6.45, 7) is 10.8. The second kappa shape index (κ2) is 17.0. The van der Waals surface area contributed by atoms with E-state index in [1.165, 1.54) is 33.2 Å². The number of fused-ring (bicyclic) bond motifs is 2. The number of aromatic nitrogens is 2. The number of anilines is 1. The van der Waals surface area contributed by atoms with Crippen molar-refractivity contribution >= 4 is 61.1 Å². The van der Waals surface area contributed by atoms with Gasteiger partial charge >= 0.3 is 0 Å². The van der Waals surface area contributed by atoms with E-state index in [0.717, 1.165) is 51.7 Å². The summed E-state index contributed by atoms with van der Waals surface area (Å²) in [6, 6.07) is 30.8. The highest BCUT2D eigenvalue weighted by molar-refractivity contribution is 14.1. The Morgan fingerprint density at radius 1 is 0.825 bits per heavy atom. The van der Waals surface area contributed by atoms with Gasteiger partial charge in [0.2, 0.25) is 0 Å². The van der Waals surface area contributed by atoms with Crippen LogP contribution < -0.4 is 4.90 Å². The third-order valence-electron chi connectivity index (χ3n) is 11.8. The first-order valence-electron chi connectivity index (χ1n) is 20.0. The van der Waals surface area contributed by atoms with Gasteiger partial charge in [0.15, 0.2) is 0 Å². The Morgan fingerprint density at radius 2 is 1.49 bits per heavy atom. The van der Waals surface area contributed by atoms with Gasteiger partial charge in [-0.15, -0.1) is 0 Å². The van der Waals surface area contributed by atoms with E-state index in [0.29, 0.717) is 24.1 Å². The molecule has 0 amide bonds. The standard InChI is InChI=1S/C52H49IN4/c1-34-11-5-6-12-39(34)29-48(54)36(3)18-17-35(2)40-21-25-51(37(4)27-40)57(46-23-19-38(20-24-46)49-30-41-13-7-9-15-44(41)32-55-49)52-26-22-43(28-47(52)53)50-31-42-14-8-10-16-45(42)33-56-50/h5-20,22-24,26-28,30-33,37,39,47,51-52,54H,1,21,25,29H2,2-4H3/b35-17+,36-18+,54-48?/t37-,39+,47-,51?,52?/m1/s1. The van der Waals surface area contributed by atoms with Crippen molar-refractivity contribution in [1.29, 1.82) is 5.41 Å². The molecule has 4 nitrogen and oxygen atoms in total. The lowest BCUT2D eigenvalue weighted by molar-refractivity contribution is 0.424. The summed E-state index contributed by atoms with van der Waals surface area (Å²) in [5.41, 5.74) is 10.9. The fourth-order valence-electron chi connectivity index (χ4n) is 8.38. The lowest BCUT2D eigenvalue weighted by Crippen LogP contribution is -2.50. The number of alkyl halides is 1. The molecule has 0 fully saturated rings. The van der Waals surface area contributed by atoms with E-state index >= 15 is 0 Å². The highest BCUT2D eigenvalue weighted by atomic mass is 127. The number of pyridine rings is 2. The molecule has 0 saturated heterocycles. The van der Waals surface area contributed by atoms with Gasteiger partial charge in [-0.05, 0) is 102 Å². The number of hydrogen-bond donors (Lipinski definition) is 1. The van der Waals surface area contributed by atoms with Crippen LogP contribution in [-0.4, -0.2) is 31.7 Å². The fraction of sp³-hybridized carbons (Fsp3) is 0.212. The highest BCUT2D eigenvalue weighted by Crippen LogP contribution is 2.39. The van der Waals surface area contributed by atoms with Crippen LogP contribution in [0.25, 0.3) is 38.4 Å². The molecular weight excluding hydrogens is 808 g/mol. The zero-order valence-electron chi connectivity index (χ0n) is 32.9. The van der Waals surface area contributed by atoms with Crippen molar-refractivity contribution in [2.24, 2.45) is 11.8 Å². The van der Waals surface area contributed by atoms with Crippen molar-refractivity contribution in [2.45, 2.75) is 56.0 Å². The molecule has 0 saturated carbocycles. The Morgan fingerprint density at radius 3 is 2.16 bits per heavy atom. The second-order valence-corrected chi connectivity index (χ2v) is 17.1. The molecule has 0 spiro atoms. The van der Waals surface area contributed by atoms with Gasteiger partial charge in [-0.25, -0.2) is 0 Å². The maximum Gasteiger partial charge on any atom is 0.0708 e. The van der Waals surface area contributed by atoms with Crippen molar-refractivity contribution in [1.82, 2.24) is 9.97 Å². The third kappa shape index (κ3) is 8.50. The van der Waals surface area contributed by atoms with Crippen LogP contribution in [0.4, 0.5) is 5.69 Å². The van der Waals surface area contributed by atoms with Gasteiger partial charge in [0.25, 0.3) is 0 Å². The number of nitrogens with zero attached hydrogens (tertiary/aromatic N) is 3. The van der Waals surface area contributed by atoms with Crippen molar-refractivity contribution in [3.8, 4) is 11.3 Å². The van der Waals surface area contributed by atoms with Gasteiger partial charge in [0.05, 0.1) is 21.4 Å². The fourth-order valence-corrected chi connectivity index (χ4v) is 9.36. The van der Waals surface area contributed by atoms with E-state index in [1.807, 2.05) is 24.5 Å². The Labute approximate surface area is 351 Å². The maximum atomic E-state index is 8.76. The zero-order valence-corrected chi connectivity index (χ0v) is 35.1. The van der Waals surface area contributed by atoms with E-state index in [9.17, 15) is 0 Å². The van der Waals surface area contributed by atoms with Crippen LogP contribution in [-0.2, 0) is 0 Å². The molecule has 1 N–H and O–H groups in total. The van der Waals surface area contributed by atoms with Crippen molar-refractivity contribution in [3.63, 3.8) is 0 Å². The molecule has 284 valence electrons. The van der Waals surface area contributed by atoms with Crippen LogP contribution in [0.15, 0.2) is 187 Å². The van der Waals surface area contributed by atoms with Crippen LogP contribution in [0.2, 0.25) is 0 Å². The quantitative estimate of drug-likeness (QED) is 0.0659. The number of allylic oxidation sites excluding steroid dienone is 12. The van der Waals surface area contributed by atoms with Gasteiger partial charge in [-0.3, -0.25) is 9.97 Å². The van der Waals surface area contributed by atoms with Gasteiger partial charge in [-0.2, -0.15) is 0 Å². The average molecular weight is 857 g/mol. The number of benzene rings is 3. The highest BCUT2D eigenvalue weighted by Gasteiger charge is 2.35. The predicted octanol–water partition coefficient (Wildman–Crippen LogP) is 13.4. The minimum absolute atomic E-state index is 0.167. The number of rotatable bonds is 10. The molecule has 0 bridgehead atoms. The first-order valence-corrected chi connectivity index (χ1v) is 21.3. The lowest BCUT2D eigenvalue weighted by Gasteiger charge is -2.45. The molecule has 57 heavy (non-hydrogen) atoms. The van der Waals surface area contributed by atoms with Crippen molar-refractivity contribution < 1.29 is 0 Å². The summed E-state index contributed by atoms with van der Waals surface area (Å²) in [4.78, 5) is 12.4. The molecule has 0 radical (unpaired) electrons. The van der Waals surface area contributed by atoms with Gasteiger partial charge in [0, 0.05) is 52.1 Å². The normalized spacial score (nSPS) is 22.5. The summed E-state index contributed by atoms with van der Waals surface area (Å²) in [6.07, 6.45) is 28.9. The molecule has 5 aromatic rings. The molecule has 2 aromatic heterocycles. The van der Waals surface area contributed by atoms with E-state index < -0.39 is 0 Å². The molecule has 8 rings (SSSR count). The monoisotopic (exact) mass is 856 g/mol. The minimum Gasteiger partial charge on any atom is -0.360 e. The van der Waals surface area contributed by atoms with Gasteiger partial charge in [-0.1, -0.05) is 158 Å². The molecule has 0 aliphatic heterocycles. The first kappa shape index (κ1) is 38.5. The van der Waals surface area contributed by atoms with Crippen molar-refractivity contribution in [2.75, 3.05) is 4.90 Å². The second-order valence-electron chi connectivity index (χ2n) is 15.7. The lowest BCUT2D eigenvalue weighted by atomic mass is 9.82. The van der Waals surface area contributed by atoms with Crippen LogP contribution in [0, 0.1) is 17.2 Å². The van der Waals surface area contributed by atoms with E-state index in [2.05, 4.69) is 188 Å². The number of hydrogen-bond acceptors (Lipinski definition) is 4. The Kier molecular flexibility index (Phi) is 11.5. The number of nitrogens with one attached hydrogen (secondary N) is 1. The Hall–Kier alpha value is -5.40. The van der Waals surface area contributed by atoms with E-state index in [4.69, 9.17) is 15.4 Å². The zero-order chi connectivity index (χ0) is 39.5. The summed E-state index contributed by atoms with van der Waals surface area (Å²) in [5.74, 6) is 0.520. The predicted molar refractivity (Wildman–Crippen MR) is 251 cm³/mol. The van der Waals surface area contributed by atoms with Gasteiger partial charge in [0.1, 0.15) is 0 Å². The minimum atomic E-state index is 0.167. The maximum absolute atomic E-state index is 8.76. The molecule has 5 heteroatoms. The third-order valence-corrected chi connectivity index (χ3v) is 12.9. The molecular formula is C52H49IN4. The SMILES string of the molecule is C=C1C=CC=C[C@H]1CC(=N)/C(C)=C/C=C(\C)C1=C[C@@H](C)C(N(c2ccc(-c3cc4ccccc4cn3)cc2)C2C=CC(c3cc4ccccc4cn3)=C[C@H]2I)CC1. The van der Waals surface area contributed by atoms with Crippen LogP contribution in [0.3, 0.4) is 0 Å². The topological polar surface area (TPSA) is 52.9 Å². The Balaban J connectivity index is 1.06. The van der Waals surface area contributed by atoms with Crippen LogP contribution >= 0.6 is 22.6 Å². The number of halogens is 1. The molecule has 2 unspecified atom stereocenters. The van der Waals surface area contributed by atoms with E-state index in [1.54, 1.807) is 0 Å². The van der Waals surface area contributed by atoms with Gasteiger partial charge < -0.3 is 10.3 Å². The average Bonchev–Trinajstić information content (AvgIpc) is 3.24. The molecule has 3 aliphatic carbocycles. The molecule has 5 atom stereocenters. The van der Waals surface area contributed by atoms with Crippen LogP contribution in [0.1, 0.15) is 45.7 Å². The Bertz CT molecular complexity index is 2560.